The quantitative estimate of drug-likeness (QED) is 0.835. The van der Waals surface area contributed by atoms with E-state index < -0.39 is 0 Å². The van der Waals surface area contributed by atoms with Gasteiger partial charge in [0.25, 0.3) is 5.91 Å². The fourth-order valence-corrected chi connectivity index (χ4v) is 3.79. The highest BCUT2D eigenvalue weighted by molar-refractivity contribution is 5.94. The molecule has 2 fully saturated rings. The molecule has 2 aliphatic rings. The summed E-state index contributed by atoms with van der Waals surface area (Å²) >= 11 is 0. The summed E-state index contributed by atoms with van der Waals surface area (Å²) in [6.45, 7) is 4.99. The van der Waals surface area contributed by atoms with Crippen LogP contribution in [0.1, 0.15) is 43.0 Å². The number of likely N-dealkylation sites (tertiary alicyclic amines) is 2. The number of rotatable bonds is 2. The molecule has 3 rings (SSSR count). The maximum Gasteiger partial charge on any atom is 0.253 e. The zero-order chi connectivity index (χ0) is 17.1. The minimum atomic E-state index is -0.350. The van der Waals surface area contributed by atoms with Crippen molar-refractivity contribution in [1.82, 2.24) is 9.80 Å². The van der Waals surface area contributed by atoms with Crippen LogP contribution in [0.15, 0.2) is 24.3 Å². The highest BCUT2D eigenvalue weighted by Gasteiger charge is 2.32. The lowest BCUT2D eigenvalue weighted by Crippen LogP contribution is -2.48. The van der Waals surface area contributed by atoms with E-state index in [1.165, 1.54) is 30.7 Å². The SMILES string of the molecule is C[C@H]1CCCN(C(=O)[C@H]2CCCN(C(=O)c3ccc(F)cc3)C2)C1. The second-order valence-corrected chi connectivity index (χ2v) is 7.13. The minimum Gasteiger partial charge on any atom is -0.342 e. The van der Waals surface area contributed by atoms with Crippen molar-refractivity contribution < 1.29 is 14.0 Å². The highest BCUT2D eigenvalue weighted by atomic mass is 19.1. The van der Waals surface area contributed by atoms with E-state index in [2.05, 4.69) is 6.92 Å². The van der Waals surface area contributed by atoms with Gasteiger partial charge in [-0.3, -0.25) is 9.59 Å². The summed E-state index contributed by atoms with van der Waals surface area (Å²) in [6, 6.07) is 5.62. The van der Waals surface area contributed by atoms with Gasteiger partial charge in [0.1, 0.15) is 5.82 Å². The molecule has 0 radical (unpaired) electrons. The van der Waals surface area contributed by atoms with E-state index in [0.717, 1.165) is 32.4 Å². The molecule has 2 saturated heterocycles. The van der Waals surface area contributed by atoms with Gasteiger partial charge in [0, 0.05) is 31.7 Å². The summed E-state index contributed by atoms with van der Waals surface area (Å²) in [5, 5.41) is 0. The van der Waals surface area contributed by atoms with E-state index in [1.54, 1.807) is 4.90 Å². The maximum atomic E-state index is 13.0. The van der Waals surface area contributed by atoms with E-state index in [-0.39, 0.29) is 23.5 Å². The Morgan fingerprint density at radius 2 is 1.67 bits per heavy atom. The molecular formula is C19H25FN2O2. The number of amides is 2. The Kier molecular flexibility index (Phi) is 5.17. The molecule has 2 amide bonds. The van der Waals surface area contributed by atoms with Crippen LogP contribution < -0.4 is 0 Å². The van der Waals surface area contributed by atoms with E-state index >= 15 is 0 Å². The van der Waals surface area contributed by atoms with E-state index in [0.29, 0.717) is 24.6 Å². The number of nitrogens with zero attached hydrogens (tertiary/aromatic N) is 2. The van der Waals surface area contributed by atoms with Crippen LogP contribution in [0.2, 0.25) is 0 Å². The van der Waals surface area contributed by atoms with E-state index in [1.807, 2.05) is 4.90 Å². The van der Waals surface area contributed by atoms with Crippen LogP contribution in [0, 0.1) is 17.7 Å². The molecule has 0 aliphatic carbocycles. The topological polar surface area (TPSA) is 40.6 Å². The van der Waals surface area contributed by atoms with E-state index in [4.69, 9.17) is 0 Å². The third kappa shape index (κ3) is 3.77. The van der Waals surface area contributed by atoms with Gasteiger partial charge in [-0.2, -0.15) is 0 Å². The first-order chi connectivity index (χ1) is 11.5. The molecule has 0 bridgehead atoms. The summed E-state index contributed by atoms with van der Waals surface area (Å²) < 4.78 is 13.0. The van der Waals surface area contributed by atoms with Gasteiger partial charge in [0.05, 0.1) is 5.92 Å². The molecule has 5 heteroatoms. The van der Waals surface area contributed by atoms with Gasteiger partial charge in [-0.1, -0.05) is 6.92 Å². The molecule has 0 saturated carbocycles. The van der Waals surface area contributed by atoms with Crippen molar-refractivity contribution in [2.75, 3.05) is 26.2 Å². The fraction of sp³-hybridized carbons (Fsp3) is 0.579. The Balaban J connectivity index is 1.64. The second kappa shape index (κ2) is 7.32. The fourth-order valence-electron chi connectivity index (χ4n) is 3.79. The Morgan fingerprint density at radius 1 is 1.00 bits per heavy atom. The molecule has 0 N–H and O–H groups in total. The number of piperidine rings is 2. The van der Waals surface area contributed by atoms with Crippen molar-refractivity contribution in [2.24, 2.45) is 11.8 Å². The molecule has 24 heavy (non-hydrogen) atoms. The smallest absolute Gasteiger partial charge is 0.253 e. The van der Waals surface area contributed by atoms with Crippen LogP contribution in [0.25, 0.3) is 0 Å². The van der Waals surface area contributed by atoms with Gasteiger partial charge in [0.15, 0.2) is 0 Å². The van der Waals surface area contributed by atoms with Crippen LogP contribution in [-0.2, 0) is 4.79 Å². The molecule has 1 aromatic carbocycles. The Morgan fingerprint density at radius 3 is 2.38 bits per heavy atom. The monoisotopic (exact) mass is 332 g/mol. The third-order valence-electron chi connectivity index (χ3n) is 5.12. The van der Waals surface area contributed by atoms with Crippen molar-refractivity contribution in [3.8, 4) is 0 Å². The molecule has 4 nitrogen and oxygen atoms in total. The van der Waals surface area contributed by atoms with Gasteiger partial charge in [-0.05, 0) is 55.9 Å². The first kappa shape index (κ1) is 16.9. The van der Waals surface area contributed by atoms with Gasteiger partial charge in [-0.15, -0.1) is 0 Å². The lowest BCUT2D eigenvalue weighted by molar-refractivity contribution is -0.138. The Hall–Kier alpha value is -1.91. The van der Waals surface area contributed by atoms with Crippen LogP contribution in [0.5, 0.6) is 0 Å². The van der Waals surface area contributed by atoms with Crippen molar-refractivity contribution >= 4 is 11.8 Å². The summed E-state index contributed by atoms with van der Waals surface area (Å²) in [7, 11) is 0. The molecule has 2 atom stereocenters. The van der Waals surface area contributed by atoms with Crippen molar-refractivity contribution in [3.05, 3.63) is 35.6 Å². The molecule has 2 heterocycles. The molecular weight excluding hydrogens is 307 g/mol. The first-order valence-corrected chi connectivity index (χ1v) is 8.88. The second-order valence-electron chi connectivity index (χ2n) is 7.13. The van der Waals surface area contributed by atoms with Gasteiger partial charge >= 0.3 is 0 Å². The summed E-state index contributed by atoms with van der Waals surface area (Å²) in [6.07, 6.45) is 3.94. The predicted molar refractivity (Wildman–Crippen MR) is 90.0 cm³/mol. The number of halogens is 1. The van der Waals surface area contributed by atoms with Crippen LogP contribution >= 0.6 is 0 Å². The average molecular weight is 332 g/mol. The molecule has 0 aromatic heterocycles. The molecule has 0 spiro atoms. The van der Waals surface area contributed by atoms with E-state index in [9.17, 15) is 14.0 Å². The lowest BCUT2D eigenvalue weighted by atomic mass is 9.93. The lowest BCUT2D eigenvalue weighted by Gasteiger charge is -2.37. The predicted octanol–water partition coefficient (Wildman–Crippen LogP) is 2.94. The van der Waals surface area contributed by atoms with Crippen molar-refractivity contribution in [3.63, 3.8) is 0 Å². The van der Waals surface area contributed by atoms with Crippen LogP contribution in [-0.4, -0.2) is 47.8 Å². The zero-order valence-electron chi connectivity index (χ0n) is 14.2. The van der Waals surface area contributed by atoms with Crippen LogP contribution in [0.3, 0.4) is 0 Å². The Labute approximate surface area is 142 Å². The summed E-state index contributed by atoms with van der Waals surface area (Å²) in [5.41, 5.74) is 0.482. The first-order valence-electron chi connectivity index (χ1n) is 8.88. The normalized spacial score (nSPS) is 24.8. The number of hydrogen-bond donors (Lipinski definition) is 0. The van der Waals surface area contributed by atoms with Crippen molar-refractivity contribution in [2.45, 2.75) is 32.6 Å². The standard InChI is InChI=1S/C19H25FN2O2/c1-14-4-2-10-21(12-14)19(24)16-5-3-11-22(13-16)18(23)15-6-8-17(20)9-7-15/h6-9,14,16H,2-5,10-13H2,1H3/t14-,16-/m0/s1. The van der Waals surface area contributed by atoms with Gasteiger partial charge in [-0.25, -0.2) is 4.39 Å². The zero-order valence-corrected chi connectivity index (χ0v) is 14.2. The molecule has 130 valence electrons. The average Bonchev–Trinajstić information content (AvgIpc) is 2.61. The summed E-state index contributed by atoms with van der Waals surface area (Å²) in [4.78, 5) is 29.1. The highest BCUT2D eigenvalue weighted by Crippen LogP contribution is 2.24. The number of benzene rings is 1. The van der Waals surface area contributed by atoms with Gasteiger partial charge < -0.3 is 9.80 Å². The molecule has 0 unspecified atom stereocenters. The third-order valence-corrected chi connectivity index (χ3v) is 5.12. The minimum absolute atomic E-state index is 0.103. The maximum absolute atomic E-state index is 13.0. The van der Waals surface area contributed by atoms with Crippen molar-refractivity contribution in [1.29, 1.82) is 0 Å². The summed E-state index contributed by atoms with van der Waals surface area (Å²) in [5.74, 6) is 0.187. The van der Waals surface area contributed by atoms with Crippen LogP contribution in [0.4, 0.5) is 4.39 Å². The van der Waals surface area contributed by atoms with Gasteiger partial charge in [0.2, 0.25) is 5.91 Å². The number of hydrogen-bond acceptors (Lipinski definition) is 2. The Bertz CT molecular complexity index is 602. The number of carbonyl (C=O) groups is 2. The molecule has 1 aromatic rings. The molecule has 2 aliphatic heterocycles. The largest absolute Gasteiger partial charge is 0.342 e. The number of carbonyl (C=O) groups excluding carboxylic acids is 2.